The number of amides is 2. The first kappa shape index (κ1) is 17.6. The normalized spacial score (nSPS) is 18.8. The highest BCUT2D eigenvalue weighted by molar-refractivity contribution is 7.84. The molecule has 1 fully saturated rings. The van der Waals surface area contributed by atoms with Crippen molar-refractivity contribution in [3.63, 3.8) is 0 Å². The molecule has 1 aromatic heterocycles. The molecule has 1 N–H and O–H groups in total. The van der Waals surface area contributed by atoms with Gasteiger partial charge in [-0.2, -0.15) is 0 Å². The van der Waals surface area contributed by atoms with Crippen LogP contribution in [0.25, 0.3) is 0 Å². The van der Waals surface area contributed by atoms with Gasteiger partial charge in [0.2, 0.25) is 0 Å². The number of likely N-dealkylation sites (tertiary alicyclic amines) is 1. The van der Waals surface area contributed by atoms with Crippen LogP contribution in [-0.4, -0.2) is 49.2 Å². The summed E-state index contributed by atoms with van der Waals surface area (Å²) in [5.74, 6) is 1.15. The number of anilines is 1. The molecule has 8 heteroatoms. The van der Waals surface area contributed by atoms with Crippen molar-refractivity contribution in [3.8, 4) is 0 Å². The van der Waals surface area contributed by atoms with E-state index in [1.165, 1.54) is 0 Å². The first-order chi connectivity index (χ1) is 12.1. The Kier molecular flexibility index (Phi) is 5.47. The van der Waals surface area contributed by atoms with E-state index in [9.17, 15) is 9.00 Å². The number of carbonyl (C=O) groups excluding carboxylic acids is 1. The second-order valence-electron chi connectivity index (χ2n) is 6.17. The van der Waals surface area contributed by atoms with Crippen LogP contribution in [0.15, 0.2) is 35.5 Å². The topological polar surface area (TPSA) is 80.1 Å². The quantitative estimate of drug-likeness (QED) is 0.907. The van der Waals surface area contributed by atoms with Gasteiger partial charge in [-0.3, -0.25) is 4.21 Å². The molecule has 134 valence electrons. The molecule has 2 unspecified atom stereocenters. The Hall–Kier alpha value is -2.22. The van der Waals surface area contributed by atoms with Crippen LogP contribution in [-0.2, 0) is 17.3 Å². The second kappa shape index (κ2) is 7.77. The molecular weight excluding hydrogens is 338 g/mol. The number of aromatic nitrogens is 3. The molecule has 3 rings (SSSR count). The lowest BCUT2D eigenvalue weighted by Crippen LogP contribution is -2.42. The van der Waals surface area contributed by atoms with Gasteiger partial charge in [0.15, 0.2) is 0 Å². The van der Waals surface area contributed by atoms with E-state index in [0.717, 1.165) is 31.8 Å². The zero-order valence-corrected chi connectivity index (χ0v) is 15.3. The second-order valence-corrected chi connectivity index (χ2v) is 7.55. The highest BCUT2D eigenvalue weighted by Gasteiger charge is 2.27. The summed E-state index contributed by atoms with van der Waals surface area (Å²) in [5.41, 5.74) is 0.663. The minimum absolute atomic E-state index is 0.133. The van der Waals surface area contributed by atoms with E-state index in [0.29, 0.717) is 17.1 Å². The lowest BCUT2D eigenvalue weighted by atomic mass is 9.97. The van der Waals surface area contributed by atoms with Crippen LogP contribution < -0.4 is 5.32 Å². The predicted octanol–water partition coefficient (Wildman–Crippen LogP) is 2.45. The third-order valence-corrected chi connectivity index (χ3v) is 5.39. The molecule has 25 heavy (non-hydrogen) atoms. The summed E-state index contributed by atoms with van der Waals surface area (Å²) in [4.78, 5) is 15.1. The van der Waals surface area contributed by atoms with E-state index >= 15 is 0 Å². The van der Waals surface area contributed by atoms with E-state index in [1.807, 2.05) is 15.5 Å². The monoisotopic (exact) mass is 361 g/mol. The maximum atomic E-state index is 12.6. The van der Waals surface area contributed by atoms with Crippen molar-refractivity contribution in [1.29, 1.82) is 0 Å². The summed E-state index contributed by atoms with van der Waals surface area (Å²) >= 11 is 0. The highest BCUT2D eigenvalue weighted by Crippen LogP contribution is 2.26. The van der Waals surface area contributed by atoms with Gasteiger partial charge in [0.25, 0.3) is 0 Å². The van der Waals surface area contributed by atoms with Crippen LogP contribution in [0.3, 0.4) is 0 Å². The molecule has 1 aromatic carbocycles. The van der Waals surface area contributed by atoms with Crippen LogP contribution in [0.2, 0.25) is 0 Å². The molecule has 1 aliphatic heterocycles. The van der Waals surface area contributed by atoms with Crippen LogP contribution in [0.4, 0.5) is 10.5 Å². The predicted molar refractivity (Wildman–Crippen MR) is 97.0 cm³/mol. The molecule has 2 heterocycles. The minimum atomic E-state index is -1.07. The van der Waals surface area contributed by atoms with Gasteiger partial charge in [0.05, 0.1) is 0 Å². The van der Waals surface area contributed by atoms with Crippen molar-refractivity contribution < 1.29 is 9.00 Å². The number of urea groups is 1. The van der Waals surface area contributed by atoms with E-state index in [-0.39, 0.29) is 11.9 Å². The number of carbonyl (C=O) groups is 1. The Morgan fingerprint density at radius 2 is 2.28 bits per heavy atom. The number of piperidine rings is 1. The lowest BCUT2D eigenvalue weighted by molar-refractivity contribution is 0.190. The Morgan fingerprint density at radius 1 is 1.44 bits per heavy atom. The van der Waals surface area contributed by atoms with Gasteiger partial charge in [-0.1, -0.05) is 6.07 Å². The Morgan fingerprint density at radius 3 is 3.04 bits per heavy atom. The van der Waals surface area contributed by atoms with Gasteiger partial charge in [-0.15, -0.1) is 10.2 Å². The summed E-state index contributed by atoms with van der Waals surface area (Å²) in [6.45, 7) is 4.24. The summed E-state index contributed by atoms with van der Waals surface area (Å²) in [6.07, 6.45) is 5.31. The summed E-state index contributed by atoms with van der Waals surface area (Å²) in [7, 11) is -1.07. The molecule has 0 spiro atoms. The van der Waals surface area contributed by atoms with Gasteiger partial charge < -0.3 is 14.8 Å². The fraction of sp³-hybridized carbons (Fsp3) is 0.471. The zero-order chi connectivity index (χ0) is 17.8. The number of hydrogen-bond donors (Lipinski definition) is 1. The van der Waals surface area contributed by atoms with Crippen molar-refractivity contribution in [1.82, 2.24) is 19.7 Å². The molecule has 1 saturated heterocycles. The lowest BCUT2D eigenvalue weighted by Gasteiger charge is -2.32. The molecular formula is C17H23N5O2S. The van der Waals surface area contributed by atoms with Crippen molar-refractivity contribution in [2.75, 3.05) is 24.7 Å². The van der Waals surface area contributed by atoms with E-state index in [1.54, 1.807) is 30.8 Å². The fourth-order valence-corrected chi connectivity index (χ4v) is 3.71. The van der Waals surface area contributed by atoms with Crippen LogP contribution in [0.1, 0.15) is 31.5 Å². The van der Waals surface area contributed by atoms with E-state index in [4.69, 9.17) is 0 Å². The van der Waals surface area contributed by atoms with Crippen molar-refractivity contribution >= 4 is 22.5 Å². The van der Waals surface area contributed by atoms with Crippen LogP contribution >= 0.6 is 0 Å². The average Bonchev–Trinajstić information content (AvgIpc) is 3.11. The molecule has 0 saturated carbocycles. The van der Waals surface area contributed by atoms with Gasteiger partial charge in [-0.05, 0) is 38.0 Å². The number of hydrogen-bond acceptors (Lipinski definition) is 4. The SMILES string of the molecule is CCn1cnnc1C1CCCN(C(=O)Nc2cccc(S(C)=O)c2)C1. The Bertz CT molecular complexity index is 776. The van der Waals surface area contributed by atoms with Gasteiger partial charge in [0.1, 0.15) is 12.2 Å². The molecule has 2 amide bonds. The largest absolute Gasteiger partial charge is 0.324 e. The maximum Gasteiger partial charge on any atom is 0.321 e. The number of benzene rings is 1. The van der Waals surface area contributed by atoms with Gasteiger partial charge in [0, 0.05) is 53.2 Å². The van der Waals surface area contributed by atoms with E-state index in [2.05, 4.69) is 22.4 Å². The third kappa shape index (κ3) is 4.07. The highest BCUT2D eigenvalue weighted by atomic mass is 32.2. The van der Waals surface area contributed by atoms with Gasteiger partial charge >= 0.3 is 6.03 Å². The standard InChI is InChI=1S/C17H23N5O2S/c1-3-21-12-18-20-16(21)13-6-5-9-22(11-13)17(23)19-14-7-4-8-15(10-14)25(2)24/h4,7-8,10,12-13H,3,5-6,9,11H2,1-2H3,(H,19,23). The van der Waals surface area contributed by atoms with E-state index < -0.39 is 10.8 Å². The summed E-state index contributed by atoms with van der Waals surface area (Å²) < 4.78 is 13.6. The summed E-state index contributed by atoms with van der Waals surface area (Å²) in [5, 5.41) is 11.1. The smallest absolute Gasteiger partial charge is 0.321 e. The number of nitrogens with zero attached hydrogens (tertiary/aromatic N) is 4. The molecule has 0 aliphatic carbocycles. The number of nitrogens with one attached hydrogen (secondary N) is 1. The van der Waals surface area contributed by atoms with Crippen LogP contribution in [0, 0.1) is 0 Å². The summed E-state index contributed by atoms with van der Waals surface area (Å²) in [6, 6.07) is 7.02. The fourth-order valence-electron chi connectivity index (χ4n) is 3.15. The molecule has 2 aromatic rings. The zero-order valence-electron chi connectivity index (χ0n) is 14.5. The maximum absolute atomic E-state index is 12.6. The van der Waals surface area contributed by atoms with Crippen molar-refractivity contribution in [2.45, 2.75) is 37.1 Å². The molecule has 0 bridgehead atoms. The minimum Gasteiger partial charge on any atom is -0.324 e. The Labute approximate surface area is 149 Å². The molecule has 0 radical (unpaired) electrons. The third-order valence-electron chi connectivity index (χ3n) is 4.48. The molecule has 1 aliphatic rings. The van der Waals surface area contributed by atoms with Crippen LogP contribution in [0.5, 0.6) is 0 Å². The average molecular weight is 361 g/mol. The van der Waals surface area contributed by atoms with Crippen molar-refractivity contribution in [2.24, 2.45) is 0 Å². The first-order valence-electron chi connectivity index (χ1n) is 8.45. The van der Waals surface area contributed by atoms with Crippen molar-refractivity contribution in [3.05, 3.63) is 36.4 Å². The Balaban J connectivity index is 1.68. The molecule has 7 nitrogen and oxygen atoms in total. The first-order valence-corrected chi connectivity index (χ1v) is 10.0. The van der Waals surface area contributed by atoms with Gasteiger partial charge in [-0.25, -0.2) is 4.79 Å². The molecule has 2 atom stereocenters. The number of rotatable bonds is 4. The number of aryl methyl sites for hydroxylation is 1.